The summed E-state index contributed by atoms with van der Waals surface area (Å²) < 4.78 is 43.3. The normalized spacial score (nSPS) is 23.4. The Morgan fingerprint density at radius 1 is 1.30 bits per heavy atom. The minimum Gasteiger partial charge on any atom is -0.495 e. The lowest BCUT2D eigenvalue weighted by Gasteiger charge is -2.31. The highest BCUT2D eigenvalue weighted by atomic mass is 35.5. The third kappa shape index (κ3) is 3.72. The first-order valence-electron chi connectivity index (χ1n) is 6.57. The molecule has 0 spiro atoms. The molecule has 6 heteroatoms. The van der Waals surface area contributed by atoms with E-state index < -0.39 is 12.1 Å². The predicted octanol–water partition coefficient (Wildman–Crippen LogP) is 4.88. The summed E-state index contributed by atoms with van der Waals surface area (Å²) >= 11 is 6.00. The summed E-state index contributed by atoms with van der Waals surface area (Å²) in [7, 11) is 1.52. The fourth-order valence-electron chi connectivity index (χ4n) is 2.61. The van der Waals surface area contributed by atoms with Gasteiger partial charge in [-0.05, 0) is 37.5 Å². The summed E-state index contributed by atoms with van der Waals surface area (Å²) in [6, 6.07) is 4.98. The van der Waals surface area contributed by atoms with Crippen LogP contribution in [0.1, 0.15) is 25.7 Å². The second-order valence-electron chi connectivity index (χ2n) is 5.10. The van der Waals surface area contributed by atoms with Crippen molar-refractivity contribution >= 4 is 17.3 Å². The molecule has 0 bridgehead atoms. The van der Waals surface area contributed by atoms with E-state index in [2.05, 4.69) is 5.32 Å². The number of anilines is 1. The van der Waals surface area contributed by atoms with E-state index >= 15 is 0 Å². The van der Waals surface area contributed by atoms with Crippen molar-refractivity contribution in [2.45, 2.75) is 37.9 Å². The molecule has 2 rings (SSSR count). The quantitative estimate of drug-likeness (QED) is 0.859. The van der Waals surface area contributed by atoms with E-state index in [1.165, 1.54) is 7.11 Å². The summed E-state index contributed by atoms with van der Waals surface area (Å²) in [6.45, 7) is 0. The van der Waals surface area contributed by atoms with Crippen LogP contribution < -0.4 is 10.1 Å². The highest BCUT2D eigenvalue weighted by Crippen LogP contribution is 2.38. The number of ether oxygens (including phenoxy) is 1. The summed E-state index contributed by atoms with van der Waals surface area (Å²) in [4.78, 5) is 0. The predicted molar refractivity (Wildman–Crippen MR) is 73.4 cm³/mol. The van der Waals surface area contributed by atoms with E-state index in [0.29, 0.717) is 17.2 Å². The van der Waals surface area contributed by atoms with Gasteiger partial charge in [0.2, 0.25) is 0 Å². The molecular formula is C14H17ClF3NO. The molecule has 1 saturated carbocycles. The van der Waals surface area contributed by atoms with Gasteiger partial charge in [0.1, 0.15) is 5.75 Å². The van der Waals surface area contributed by atoms with Gasteiger partial charge in [-0.15, -0.1) is 0 Å². The van der Waals surface area contributed by atoms with Gasteiger partial charge in [-0.2, -0.15) is 13.2 Å². The van der Waals surface area contributed by atoms with Crippen molar-refractivity contribution < 1.29 is 17.9 Å². The van der Waals surface area contributed by atoms with Crippen molar-refractivity contribution in [1.29, 1.82) is 0 Å². The van der Waals surface area contributed by atoms with Crippen molar-refractivity contribution in [2.24, 2.45) is 5.92 Å². The lowest BCUT2D eigenvalue weighted by molar-refractivity contribution is -0.182. The van der Waals surface area contributed by atoms with Crippen molar-refractivity contribution in [2.75, 3.05) is 12.4 Å². The molecule has 2 unspecified atom stereocenters. The van der Waals surface area contributed by atoms with E-state index in [1.807, 2.05) is 0 Å². The Hall–Kier alpha value is -1.10. The first-order chi connectivity index (χ1) is 9.40. The summed E-state index contributed by atoms with van der Waals surface area (Å²) in [5, 5.41) is 3.58. The highest BCUT2D eigenvalue weighted by Gasteiger charge is 2.42. The second-order valence-corrected chi connectivity index (χ2v) is 5.50. The first kappa shape index (κ1) is 15.3. The molecule has 0 radical (unpaired) electrons. The molecule has 1 aromatic rings. The molecule has 0 aromatic heterocycles. The molecule has 0 amide bonds. The van der Waals surface area contributed by atoms with Crippen LogP contribution in [0.2, 0.25) is 5.02 Å². The number of nitrogens with one attached hydrogen (secondary N) is 1. The van der Waals surface area contributed by atoms with Crippen LogP contribution in [0.3, 0.4) is 0 Å². The van der Waals surface area contributed by atoms with Crippen molar-refractivity contribution in [3.8, 4) is 5.75 Å². The maximum absolute atomic E-state index is 12.8. The molecule has 0 saturated heterocycles. The van der Waals surface area contributed by atoms with Gasteiger partial charge in [0.05, 0.1) is 18.1 Å². The Balaban J connectivity index is 2.01. The second kappa shape index (κ2) is 6.12. The largest absolute Gasteiger partial charge is 0.495 e. The molecule has 1 fully saturated rings. The van der Waals surface area contributed by atoms with Crippen LogP contribution in [0.25, 0.3) is 0 Å². The average Bonchev–Trinajstić information content (AvgIpc) is 2.38. The molecule has 1 aliphatic rings. The van der Waals surface area contributed by atoms with Gasteiger partial charge in [0, 0.05) is 11.7 Å². The zero-order valence-corrected chi connectivity index (χ0v) is 11.9. The minimum absolute atomic E-state index is 0.118. The number of benzene rings is 1. The fraction of sp³-hybridized carbons (Fsp3) is 0.571. The van der Waals surface area contributed by atoms with Gasteiger partial charge in [-0.3, -0.25) is 0 Å². The fourth-order valence-corrected chi connectivity index (χ4v) is 2.87. The van der Waals surface area contributed by atoms with E-state index in [0.717, 1.165) is 12.1 Å². The number of hydrogen-bond acceptors (Lipinski definition) is 2. The molecule has 1 N–H and O–H groups in total. The summed E-state index contributed by atoms with van der Waals surface area (Å²) in [6.07, 6.45) is -2.42. The van der Waals surface area contributed by atoms with E-state index in [1.54, 1.807) is 18.2 Å². The molecule has 1 aromatic carbocycles. The maximum Gasteiger partial charge on any atom is 0.391 e. The van der Waals surface area contributed by atoms with Gasteiger partial charge >= 0.3 is 6.18 Å². The zero-order valence-electron chi connectivity index (χ0n) is 11.1. The van der Waals surface area contributed by atoms with Gasteiger partial charge < -0.3 is 10.1 Å². The van der Waals surface area contributed by atoms with E-state index in [-0.39, 0.29) is 18.9 Å². The first-order valence-corrected chi connectivity index (χ1v) is 6.94. The van der Waals surface area contributed by atoms with Crippen LogP contribution >= 0.6 is 11.6 Å². The van der Waals surface area contributed by atoms with Crippen molar-refractivity contribution in [1.82, 2.24) is 0 Å². The highest BCUT2D eigenvalue weighted by molar-refractivity contribution is 6.32. The maximum atomic E-state index is 12.8. The Bertz CT molecular complexity index is 464. The Morgan fingerprint density at radius 2 is 2.05 bits per heavy atom. The number of alkyl halides is 3. The van der Waals surface area contributed by atoms with Gasteiger partial charge in [0.25, 0.3) is 0 Å². The molecular weight excluding hydrogens is 291 g/mol. The van der Waals surface area contributed by atoms with Crippen LogP contribution in [0.15, 0.2) is 18.2 Å². The SMILES string of the molecule is COc1ccc(NC2CCCC(C(F)(F)F)C2)cc1Cl. The van der Waals surface area contributed by atoms with Gasteiger partial charge in [-0.1, -0.05) is 18.0 Å². The lowest BCUT2D eigenvalue weighted by atomic mass is 9.85. The number of halogens is 4. The number of methoxy groups -OCH3 is 1. The third-order valence-electron chi connectivity index (χ3n) is 3.66. The molecule has 0 aliphatic heterocycles. The monoisotopic (exact) mass is 307 g/mol. The standard InChI is InChI=1S/C14H17ClF3NO/c1-20-13-6-5-11(8-12(13)15)19-10-4-2-3-9(7-10)14(16,17)18/h5-6,8-10,19H,2-4,7H2,1H3. The van der Waals surface area contributed by atoms with E-state index in [9.17, 15) is 13.2 Å². The van der Waals surface area contributed by atoms with E-state index in [4.69, 9.17) is 16.3 Å². The average molecular weight is 308 g/mol. The lowest BCUT2D eigenvalue weighted by Crippen LogP contribution is -2.34. The zero-order chi connectivity index (χ0) is 14.8. The van der Waals surface area contributed by atoms with Crippen LogP contribution in [-0.2, 0) is 0 Å². The molecule has 112 valence electrons. The molecule has 2 nitrogen and oxygen atoms in total. The smallest absolute Gasteiger partial charge is 0.391 e. The van der Waals surface area contributed by atoms with Crippen molar-refractivity contribution in [3.05, 3.63) is 23.2 Å². The number of rotatable bonds is 3. The Labute approximate surface area is 121 Å². The molecule has 20 heavy (non-hydrogen) atoms. The molecule has 2 atom stereocenters. The van der Waals surface area contributed by atoms with Gasteiger partial charge in [0.15, 0.2) is 0 Å². The van der Waals surface area contributed by atoms with Gasteiger partial charge in [-0.25, -0.2) is 0 Å². The van der Waals surface area contributed by atoms with Crippen LogP contribution in [0.5, 0.6) is 5.75 Å². The Kier molecular flexibility index (Phi) is 4.68. The molecule has 0 heterocycles. The van der Waals surface area contributed by atoms with Crippen LogP contribution in [-0.4, -0.2) is 19.3 Å². The summed E-state index contributed by atoms with van der Waals surface area (Å²) in [5.74, 6) is -0.656. The minimum atomic E-state index is -4.10. The van der Waals surface area contributed by atoms with Crippen LogP contribution in [0.4, 0.5) is 18.9 Å². The van der Waals surface area contributed by atoms with Crippen LogP contribution in [0, 0.1) is 5.92 Å². The number of hydrogen-bond donors (Lipinski definition) is 1. The third-order valence-corrected chi connectivity index (χ3v) is 3.96. The Morgan fingerprint density at radius 3 is 2.65 bits per heavy atom. The molecule has 1 aliphatic carbocycles. The topological polar surface area (TPSA) is 21.3 Å². The van der Waals surface area contributed by atoms with Crippen molar-refractivity contribution in [3.63, 3.8) is 0 Å². The summed E-state index contributed by atoms with van der Waals surface area (Å²) in [5.41, 5.74) is 0.726.